The summed E-state index contributed by atoms with van der Waals surface area (Å²) in [6.07, 6.45) is 1.73. The maximum atomic E-state index is 11.1. The second-order valence-corrected chi connectivity index (χ2v) is 5.03. The summed E-state index contributed by atoms with van der Waals surface area (Å²) in [5.41, 5.74) is 2.80. The Morgan fingerprint density at radius 3 is 2.89 bits per heavy atom. The second kappa shape index (κ2) is 5.84. The zero-order valence-electron chi connectivity index (χ0n) is 10.4. The van der Waals surface area contributed by atoms with E-state index in [1.165, 1.54) is 0 Å². The smallest absolute Gasteiger partial charge is 0.337 e. The molecule has 2 N–H and O–H groups in total. The summed E-state index contributed by atoms with van der Waals surface area (Å²) in [5, 5.41) is 12.3. The van der Waals surface area contributed by atoms with Crippen molar-refractivity contribution in [3.05, 3.63) is 57.8 Å². The minimum atomic E-state index is -0.951. The van der Waals surface area contributed by atoms with Crippen LogP contribution >= 0.6 is 15.9 Å². The molecule has 4 nitrogen and oxygen atoms in total. The van der Waals surface area contributed by atoms with Gasteiger partial charge in [-0.2, -0.15) is 0 Å². The topological polar surface area (TPSA) is 62.2 Å². The van der Waals surface area contributed by atoms with Crippen molar-refractivity contribution in [1.82, 2.24) is 4.98 Å². The number of nitrogens with one attached hydrogen (secondary N) is 1. The Morgan fingerprint density at radius 1 is 1.42 bits per heavy atom. The van der Waals surface area contributed by atoms with Crippen molar-refractivity contribution < 1.29 is 9.90 Å². The summed E-state index contributed by atoms with van der Waals surface area (Å²) in [4.78, 5) is 15.4. The molecule has 0 saturated heterocycles. The van der Waals surface area contributed by atoms with Crippen LogP contribution in [0.2, 0.25) is 0 Å². The molecule has 0 fully saturated rings. The zero-order valence-corrected chi connectivity index (χ0v) is 11.9. The van der Waals surface area contributed by atoms with Crippen LogP contribution in [0.15, 0.2) is 41.0 Å². The predicted molar refractivity (Wildman–Crippen MR) is 77.4 cm³/mol. The molecule has 0 aliphatic rings. The molecule has 2 rings (SSSR count). The van der Waals surface area contributed by atoms with Gasteiger partial charge in [-0.25, -0.2) is 4.79 Å². The molecule has 0 radical (unpaired) electrons. The predicted octanol–water partition coefficient (Wildman–Crippen LogP) is 3.46. The second-order valence-electron chi connectivity index (χ2n) is 4.12. The molecular formula is C14H13BrN2O2. The molecule has 1 heterocycles. The Hall–Kier alpha value is -1.88. The normalized spacial score (nSPS) is 10.2. The Labute approximate surface area is 119 Å². The van der Waals surface area contributed by atoms with Gasteiger partial charge in [0.05, 0.1) is 23.5 Å². The van der Waals surface area contributed by atoms with Crippen molar-refractivity contribution in [1.29, 1.82) is 0 Å². The number of rotatable bonds is 4. The minimum absolute atomic E-state index is 0.247. The Bertz CT molecular complexity index is 614. The van der Waals surface area contributed by atoms with E-state index in [0.717, 1.165) is 15.7 Å². The molecule has 0 unspecified atom stereocenters. The number of anilines is 1. The maximum absolute atomic E-state index is 11.1. The molecule has 19 heavy (non-hydrogen) atoms. The van der Waals surface area contributed by atoms with E-state index in [4.69, 9.17) is 5.11 Å². The molecule has 0 atom stereocenters. The molecule has 0 spiro atoms. The van der Waals surface area contributed by atoms with E-state index in [1.54, 1.807) is 24.4 Å². The number of carboxylic acid groups (broad SMARTS) is 1. The Kier molecular flexibility index (Phi) is 4.16. The van der Waals surface area contributed by atoms with Crippen LogP contribution in [-0.4, -0.2) is 16.1 Å². The number of halogens is 1. The number of carbonyl (C=O) groups is 1. The van der Waals surface area contributed by atoms with Crippen molar-refractivity contribution in [2.24, 2.45) is 0 Å². The van der Waals surface area contributed by atoms with Gasteiger partial charge in [0.25, 0.3) is 0 Å². The van der Waals surface area contributed by atoms with E-state index >= 15 is 0 Å². The Morgan fingerprint density at radius 2 is 2.21 bits per heavy atom. The summed E-state index contributed by atoms with van der Waals surface area (Å²) >= 11 is 3.34. The average molecular weight is 321 g/mol. The van der Waals surface area contributed by atoms with Crippen molar-refractivity contribution in [2.75, 3.05) is 5.32 Å². The van der Waals surface area contributed by atoms with E-state index in [2.05, 4.69) is 26.2 Å². The zero-order chi connectivity index (χ0) is 13.8. The summed E-state index contributed by atoms with van der Waals surface area (Å²) in [6.45, 7) is 2.46. The fraction of sp³-hybridized carbons (Fsp3) is 0.143. The first-order valence-corrected chi connectivity index (χ1v) is 6.54. The lowest BCUT2D eigenvalue weighted by molar-refractivity contribution is 0.0698. The number of carboxylic acids is 1. The highest BCUT2D eigenvalue weighted by atomic mass is 79.9. The molecule has 0 saturated carbocycles. The lowest BCUT2D eigenvalue weighted by Gasteiger charge is -2.11. The molecule has 0 aliphatic heterocycles. The lowest BCUT2D eigenvalue weighted by Crippen LogP contribution is -2.08. The summed E-state index contributed by atoms with van der Waals surface area (Å²) < 4.78 is 0.831. The number of pyridine rings is 1. The molecule has 0 bridgehead atoms. The van der Waals surface area contributed by atoms with E-state index in [1.807, 2.05) is 19.1 Å². The molecule has 0 aliphatic carbocycles. The highest BCUT2D eigenvalue weighted by Crippen LogP contribution is 2.22. The number of hydrogen-bond donors (Lipinski definition) is 2. The monoisotopic (exact) mass is 320 g/mol. The molecule has 1 aromatic heterocycles. The number of nitrogens with zero attached hydrogens (tertiary/aromatic N) is 1. The summed E-state index contributed by atoms with van der Waals surface area (Å²) in [5.74, 6) is -0.951. The van der Waals surface area contributed by atoms with Gasteiger partial charge in [-0.15, -0.1) is 0 Å². The van der Waals surface area contributed by atoms with Gasteiger partial charge in [0.1, 0.15) is 0 Å². The third kappa shape index (κ3) is 3.32. The molecular weight excluding hydrogens is 308 g/mol. The SMILES string of the molecule is Cc1cccnc1CNc1cc(Br)ccc1C(=O)O. The van der Waals surface area contributed by atoms with Crippen LogP contribution in [0.4, 0.5) is 5.69 Å². The number of aromatic nitrogens is 1. The van der Waals surface area contributed by atoms with Crippen LogP contribution in [0.1, 0.15) is 21.6 Å². The van der Waals surface area contributed by atoms with Crippen LogP contribution in [0, 0.1) is 6.92 Å². The standard InChI is InChI=1S/C14H13BrN2O2/c1-9-3-2-6-16-13(9)8-17-12-7-10(15)4-5-11(12)14(18)19/h2-7,17H,8H2,1H3,(H,18,19). The molecule has 98 valence electrons. The number of aromatic carboxylic acids is 1. The third-order valence-corrected chi connectivity index (χ3v) is 3.27. The van der Waals surface area contributed by atoms with Crippen LogP contribution in [0.25, 0.3) is 0 Å². The van der Waals surface area contributed by atoms with Crippen molar-refractivity contribution in [2.45, 2.75) is 13.5 Å². The van der Waals surface area contributed by atoms with Crippen LogP contribution in [0.3, 0.4) is 0 Å². The van der Waals surface area contributed by atoms with Gasteiger partial charge in [0.15, 0.2) is 0 Å². The van der Waals surface area contributed by atoms with Gasteiger partial charge < -0.3 is 10.4 Å². The quantitative estimate of drug-likeness (QED) is 0.905. The van der Waals surface area contributed by atoms with Gasteiger partial charge in [-0.3, -0.25) is 4.98 Å². The van der Waals surface area contributed by atoms with E-state index in [0.29, 0.717) is 12.2 Å². The highest BCUT2D eigenvalue weighted by molar-refractivity contribution is 9.10. The maximum Gasteiger partial charge on any atom is 0.337 e. The fourth-order valence-corrected chi connectivity index (χ4v) is 2.09. The summed E-state index contributed by atoms with van der Waals surface area (Å²) in [7, 11) is 0. The number of hydrogen-bond acceptors (Lipinski definition) is 3. The lowest BCUT2D eigenvalue weighted by atomic mass is 10.1. The van der Waals surface area contributed by atoms with Crippen LogP contribution < -0.4 is 5.32 Å². The minimum Gasteiger partial charge on any atom is -0.478 e. The molecule has 2 aromatic rings. The number of aryl methyl sites for hydroxylation is 1. The van der Waals surface area contributed by atoms with E-state index in [-0.39, 0.29) is 5.56 Å². The van der Waals surface area contributed by atoms with Gasteiger partial charge >= 0.3 is 5.97 Å². The first-order chi connectivity index (χ1) is 9.08. The van der Waals surface area contributed by atoms with Gasteiger partial charge in [0.2, 0.25) is 0 Å². The highest BCUT2D eigenvalue weighted by Gasteiger charge is 2.10. The molecule has 5 heteroatoms. The average Bonchev–Trinajstić information content (AvgIpc) is 2.37. The van der Waals surface area contributed by atoms with Crippen LogP contribution in [-0.2, 0) is 6.54 Å². The van der Waals surface area contributed by atoms with Crippen molar-refractivity contribution in [3.63, 3.8) is 0 Å². The van der Waals surface area contributed by atoms with E-state index in [9.17, 15) is 4.79 Å². The third-order valence-electron chi connectivity index (χ3n) is 2.78. The molecule has 0 amide bonds. The number of benzene rings is 1. The Balaban J connectivity index is 2.22. The van der Waals surface area contributed by atoms with Gasteiger partial charge in [-0.05, 0) is 36.8 Å². The summed E-state index contributed by atoms with van der Waals surface area (Å²) in [6, 6.07) is 8.88. The fourth-order valence-electron chi connectivity index (χ4n) is 1.73. The largest absolute Gasteiger partial charge is 0.478 e. The van der Waals surface area contributed by atoms with Crippen molar-refractivity contribution in [3.8, 4) is 0 Å². The first-order valence-electron chi connectivity index (χ1n) is 5.75. The van der Waals surface area contributed by atoms with Crippen LogP contribution in [0.5, 0.6) is 0 Å². The van der Waals surface area contributed by atoms with Gasteiger partial charge in [-0.1, -0.05) is 22.0 Å². The first kappa shape index (κ1) is 13.5. The molecule has 1 aromatic carbocycles. The van der Waals surface area contributed by atoms with Gasteiger partial charge in [0, 0.05) is 10.7 Å². The van der Waals surface area contributed by atoms with Crippen molar-refractivity contribution >= 4 is 27.6 Å². The van der Waals surface area contributed by atoms with E-state index < -0.39 is 5.97 Å².